The average Bonchev–Trinajstić information content (AvgIpc) is 3.04. The highest BCUT2D eigenvalue weighted by atomic mass is 35.5. The van der Waals surface area contributed by atoms with Gasteiger partial charge in [0.25, 0.3) is 0 Å². The maximum absolute atomic E-state index is 12.5. The van der Waals surface area contributed by atoms with Crippen LogP contribution < -0.4 is 15.0 Å². The number of nitrogens with zero attached hydrogens (tertiary/aromatic N) is 1. The Morgan fingerprint density at radius 2 is 2.00 bits per heavy atom. The Kier molecular flexibility index (Phi) is 6.06. The Morgan fingerprint density at radius 3 is 2.69 bits per heavy atom. The molecule has 1 aliphatic heterocycles. The highest BCUT2D eigenvalue weighted by Gasteiger charge is 2.35. The van der Waals surface area contributed by atoms with Gasteiger partial charge in [-0.05, 0) is 36.8 Å². The van der Waals surface area contributed by atoms with E-state index in [0.717, 1.165) is 11.3 Å². The Hall–Kier alpha value is -2.18. The quantitative estimate of drug-likeness (QED) is 0.756. The van der Waals surface area contributed by atoms with Crippen molar-refractivity contribution in [2.24, 2.45) is 0 Å². The number of carbonyl (C=O) groups excluding carboxylic acids is 2. The van der Waals surface area contributed by atoms with Gasteiger partial charge in [-0.25, -0.2) is 0 Å². The molecule has 2 aromatic rings. The molecular formula is C19H19ClN2O3S. The van der Waals surface area contributed by atoms with Crippen molar-refractivity contribution in [2.75, 3.05) is 28.5 Å². The highest BCUT2D eigenvalue weighted by molar-refractivity contribution is 8.00. The molecule has 1 saturated heterocycles. The summed E-state index contributed by atoms with van der Waals surface area (Å²) in [5.41, 5.74) is 2.43. The molecule has 0 bridgehead atoms. The number of anilines is 2. The molecular weight excluding hydrogens is 372 g/mol. The summed E-state index contributed by atoms with van der Waals surface area (Å²) in [6.45, 7) is 2.45. The Morgan fingerprint density at radius 1 is 1.27 bits per heavy atom. The van der Waals surface area contributed by atoms with E-state index in [-0.39, 0.29) is 23.1 Å². The molecule has 26 heavy (non-hydrogen) atoms. The highest BCUT2D eigenvalue weighted by Crippen LogP contribution is 2.44. The molecule has 1 heterocycles. The van der Waals surface area contributed by atoms with Gasteiger partial charge in [-0.1, -0.05) is 24.3 Å². The van der Waals surface area contributed by atoms with Crippen molar-refractivity contribution in [2.45, 2.75) is 12.3 Å². The first kappa shape index (κ1) is 18.6. The fraction of sp³-hybridized carbons (Fsp3) is 0.263. The van der Waals surface area contributed by atoms with E-state index < -0.39 is 0 Å². The lowest BCUT2D eigenvalue weighted by molar-refractivity contribution is -0.116. The van der Waals surface area contributed by atoms with Crippen LogP contribution in [-0.4, -0.2) is 30.1 Å². The first-order valence-corrected chi connectivity index (χ1v) is 9.83. The van der Waals surface area contributed by atoms with E-state index in [9.17, 15) is 9.59 Å². The zero-order valence-electron chi connectivity index (χ0n) is 14.3. The van der Waals surface area contributed by atoms with E-state index in [2.05, 4.69) is 5.32 Å². The summed E-state index contributed by atoms with van der Waals surface area (Å²) in [7, 11) is 0. The van der Waals surface area contributed by atoms with Gasteiger partial charge in [0.2, 0.25) is 11.8 Å². The molecule has 1 atom stereocenters. The zero-order valence-corrected chi connectivity index (χ0v) is 15.8. The van der Waals surface area contributed by atoms with Crippen molar-refractivity contribution in [3.8, 4) is 5.75 Å². The number of benzene rings is 2. The van der Waals surface area contributed by atoms with Crippen LogP contribution in [0.4, 0.5) is 11.4 Å². The second-order valence-corrected chi connectivity index (χ2v) is 6.97. The molecule has 0 spiro atoms. The zero-order chi connectivity index (χ0) is 18.5. The predicted octanol–water partition coefficient (Wildman–Crippen LogP) is 4.04. The van der Waals surface area contributed by atoms with Crippen molar-refractivity contribution >= 4 is 46.6 Å². The van der Waals surface area contributed by atoms with E-state index in [1.807, 2.05) is 55.5 Å². The number of thioether (sulfide) groups is 1. The third-order valence-electron chi connectivity index (χ3n) is 3.89. The summed E-state index contributed by atoms with van der Waals surface area (Å²) in [5.74, 6) is 0.817. The fourth-order valence-electron chi connectivity index (χ4n) is 2.79. The number of hydrogen-bond acceptors (Lipinski definition) is 4. The van der Waals surface area contributed by atoms with Crippen LogP contribution in [0.25, 0.3) is 0 Å². The van der Waals surface area contributed by atoms with Crippen LogP contribution in [0.1, 0.15) is 17.9 Å². The number of hydrogen-bond donors (Lipinski definition) is 1. The lowest BCUT2D eigenvalue weighted by Gasteiger charge is -2.26. The first-order valence-electron chi connectivity index (χ1n) is 8.25. The topological polar surface area (TPSA) is 58.6 Å². The minimum absolute atomic E-state index is 0.0478. The van der Waals surface area contributed by atoms with Gasteiger partial charge in [0.15, 0.2) is 0 Å². The van der Waals surface area contributed by atoms with Gasteiger partial charge in [-0.15, -0.1) is 23.4 Å². The molecule has 2 aromatic carbocycles. The average molecular weight is 391 g/mol. The molecule has 1 fully saturated rings. The predicted molar refractivity (Wildman–Crippen MR) is 106 cm³/mol. The Balaban J connectivity index is 1.87. The standard InChI is InChI=1S/C19H19ClN2O3S/c1-2-25-16-6-4-3-5-15(16)22-18(24)12-26-19(22)13-7-9-14(10-8-13)21-17(23)11-20/h3-10,19H,2,11-12H2,1H3,(H,21,23)/t19-/m1/s1. The van der Waals surface area contributed by atoms with Gasteiger partial charge in [0.05, 0.1) is 18.0 Å². The number of rotatable bonds is 6. The van der Waals surface area contributed by atoms with Crippen molar-refractivity contribution in [3.05, 3.63) is 54.1 Å². The third kappa shape index (κ3) is 3.97. The molecule has 7 heteroatoms. The van der Waals surface area contributed by atoms with E-state index in [1.54, 1.807) is 16.7 Å². The lowest BCUT2D eigenvalue weighted by Crippen LogP contribution is -2.28. The largest absolute Gasteiger partial charge is 0.492 e. The van der Waals surface area contributed by atoms with Gasteiger partial charge in [0, 0.05) is 5.69 Å². The maximum Gasteiger partial charge on any atom is 0.239 e. The van der Waals surface area contributed by atoms with E-state index in [4.69, 9.17) is 16.3 Å². The van der Waals surface area contributed by atoms with E-state index in [1.165, 1.54) is 0 Å². The van der Waals surface area contributed by atoms with Gasteiger partial charge in [0.1, 0.15) is 17.0 Å². The van der Waals surface area contributed by atoms with Crippen LogP contribution in [-0.2, 0) is 9.59 Å². The first-order chi connectivity index (χ1) is 12.6. The fourth-order valence-corrected chi connectivity index (χ4v) is 4.03. The van der Waals surface area contributed by atoms with Crippen LogP contribution in [0, 0.1) is 0 Å². The molecule has 0 unspecified atom stereocenters. The van der Waals surface area contributed by atoms with Crippen LogP contribution in [0.3, 0.4) is 0 Å². The van der Waals surface area contributed by atoms with Crippen LogP contribution in [0.2, 0.25) is 0 Å². The summed E-state index contributed by atoms with van der Waals surface area (Å²) >= 11 is 7.08. The number of carbonyl (C=O) groups is 2. The number of para-hydroxylation sites is 2. The van der Waals surface area contributed by atoms with Gasteiger partial charge in [-0.2, -0.15) is 0 Å². The molecule has 1 N–H and O–H groups in total. The number of amides is 2. The SMILES string of the molecule is CCOc1ccccc1N1C(=O)CS[C@@H]1c1ccc(NC(=O)CCl)cc1. The summed E-state index contributed by atoms with van der Waals surface area (Å²) in [4.78, 5) is 25.7. The molecule has 136 valence electrons. The molecule has 3 rings (SSSR count). The smallest absolute Gasteiger partial charge is 0.239 e. The second kappa shape index (κ2) is 8.47. The van der Waals surface area contributed by atoms with Gasteiger partial charge in [-0.3, -0.25) is 14.5 Å². The molecule has 5 nitrogen and oxygen atoms in total. The molecule has 0 aliphatic carbocycles. The number of alkyl halides is 1. The normalized spacial score (nSPS) is 16.6. The summed E-state index contributed by atoms with van der Waals surface area (Å²) < 4.78 is 5.69. The number of halogens is 1. The van der Waals surface area contributed by atoms with Crippen LogP contribution >= 0.6 is 23.4 Å². The minimum atomic E-state index is -0.253. The van der Waals surface area contributed by atoms with Crippen LogP contribution in [0.15, 0.2) is 48.5 Å². The monoisotopic (exact) mass is 390 g/mol. The lowest BCUT2D eigenvalue weighted by atomic mass is 10.1. The number of nitrogens with one attached hydrogen (secondary N) is 1. The maximum atomic E-state index is 12.5. The Labute approximate surface area is 161 Å². The van der Waals surface area contributed by atoms with Gasteiger partial charge < -0.3 is 10.1 Å². The van der Waals surface area contributed by atoms with E-state index in [0.29, 0.717) is 23.8 Å². The molecule has 0 radical (unpaired) electrons. The van der Waals surface area contributed by atoms with Crippen molar-refractivity contribution in [1.29, 1.82) is 0 Å². The molecule has 1 aliphatic rings. The summed E-state index contributed by atoms with van der Waals surface area (Å²) in [5, 5.41) is 2.57. The van der Waals surface area contributed by atoms with Crippen molar-refractivity contribution in [1.82, 2.24) is 0 Å². The van der Waals surface area contributed by atoms with Crippen molar-refractivity contribution < 1.29 is 14.3 Å². The van der Waals surface area contributed by atoms with Crippen LogP contribution in [0.5, 0.6) is 5.75 Å². The molecule has 0 aromatic heterocycles. The molecule has 0 saturated carbocycles. The molecule has 2 amide bonds. The van der Waals surface area contributed by atoms with E-state index >= 15 is 0 Å². The summed E-state index contributed by atoms with van der Waals surface area (Å²) in [6, 6.07) is 15.0. The summed E-state index contributed by atoms with van der Waals surface area (Å²) in [6.07, 6.45) is 0. The third-order valence-corrected chi connectivity index (χ3v) is 5.35. The van der Waals surface area contributed by atoms with Gasteiger partial charge >= 0.3 is 0 Å². The minimum Gasteiger partial charge on any atom is -0.492 e. The van der Waals surface area contributed by atoms with Crippen molar-refractivity contribution in [3.63, 3.8) is 0 Å². The number of ether oxygens (including phenoxy) is 1. The Bertz CT molecular complexity index is 798. The second-order valence-electron chi connectivity index (χ2n) is 5.63.